The van der Waals surface area contributed by atoms with Crippen LogP contribution >= 0.6 is 0 Å². The number of hydrogen-bond acceptors (Lipinski definition) is 5. The van der Waals surface area contributed by atoms with Gasteiger partial charge < -0.3 is 9.72 Å². The zero-order chi connectivity index (χ0) is 20.8. The Balaban J connectivity index is 1.53. The van der Waals surface area contributed by atoms with Crippen molar-refractivity contribution in [3.63, 3.8) is 0 Å². The molecule has 2 aromatic carbocycles. The molecule has 0 atom stereocenters. The second-order valence-electron chi connectivity index (χ2n) is 7.08. The largest absolute Gasteiger partial charge is 0.446 e. The molecule has 0 bridgehead atoms. The fraction of sp³-hybridized carbons (Fsp3) is 0.200. The number of anilines is 1. The Kier molecular flexibility index (Phi) is 4.19. The lowest BCUT2D eigenvalue weighted by Crippen LogP contribution is -2.28. The van der Waals surface area contributed by atoms with Crippen molar-refractivity contribution in [3.8, 4) is 11.3 Å². The fourth-order valence-corrected chi connectivity index (χ4v) is 3.41. The molecular weight excluding hydrogens is 396 g/mol. The molecule has 1 aliphatic carbocycles. The number of fused-ring (bicyclic) bond motifs is 2. The van der Waals surface area contributed by atoms with Crippen molar-refractivity contribution in [1.29, 1.82) is 0 Å². The standard InChI is InChI=1S/C20H15F2N5O3/c21-11-5-6-12(22)16-15(11)17(26-27-18(16)28)9-4-7-13-14(8-9)24-19(23-13)25-20(29)30-10-2-1-3-10/h4-8,10H,1-3H2,(H,27,28)(H2,23,24,25,29). The Morgan fingerprint density at radius 3 is 2.63 bits per heavy atom. The van der Waals surface area contributed by atoms with Gasteiger partial charge in [0.2, 0.25) is 5.95 Å². The van der Waals surface area contributed by atoms with E-state index in [0.717, 1.165) is 31.4 Å². The summed E-state index contributed by atoms with van der Waals surface area (Å²) >= 11 is 0. The number of rotatable bonds is 3. The number of amides is 1. The fourth-order valence-electron chi connectivity index (χ4n) is 3.41. The molecule has 0 spiro atoms. The number of nitrogens with zero attached hydrogens (tertiary/aromatic N) is 2. The molecule has 5 rings (SSSR count). The first kappa shape index (κ1) is 18.2. The van der Waals surface area contributed by atoms with Gasteiger partial charge in [-0.2, -0.15) is 5.10 Å². The maximum atomic E-state index is 14.5. The van der Waals surface area contributed by atoms with Crippen molar-refractivity contribution >= 4 is 33.8 Å². The summed E-state index contributed by atoms with van der Waals surface area (Å²) in [6.45, 7) is 0. The normalized spacial score (nSPS) is 14.1. The SMILES string of the molecule is O=C(Nc1nc2ccc(-c3n[nH]c(=O)c4c(F)ccc(F)c34)cc2[nH]1)OC1CCC1. The number of benzene rings is 2. The highest BCUT2D eigenvalue weighted by Gasteiger charge is 2.22. The van der Waals surface area contributed by atoms with Gasteiger partial charge in [0.25, 0.3) is 5.56 Å². The molecule has 1 aliphatic rings. The minimum Gasteiger partial charge on any atom is -0.446 e. The monoisotopic (exact) mass is 411 g/mol. The second-order valence-corrected chi connectivity index (χ2v) is 7.08. The van der Waals surface area contributed by atoms with Crippen LogP contribution in [0.5, 0.6) is 0 Å². The predicted octanol–water partition coefficient (Wildman–Crippen LogP) is 3.85. The van der Waals surface area contributed by atoms with Crippen LogP contribution in [0.4, 0.5) is 19.5 Å². The van der Waals surface area contributed by atoms with Crippen LogP contribution < -0.4 is 10.9 Å². The van der Waals surface area contributed by atoms with Crippen molar-refractivity contribution in [2.45, 2.75) is 25.4 Å². The molecule has 1 amide bonds. The smallest absolute Gasteiger partial charge is 0.414 e. The number of hydrogen-bond donors (Lipinski definition) is 3. The molecule has 30 heavy (non-hydrogen) atoms. The Morgan fingerprint density at radius 2 is 1.90 bits per heavy atom. The molecule has 1 saturated carbocycles. The third-order valence-corrected chi connectivity index (χ3v) is 5.14. The number of ether oxygens (including phenoxy) is 1. The van der Waals surface area contributed by atoms with Crippen molar-refractivity contribution < 1.29 is 18.3 Å². The van der Waals surface area contributed by atoms with Crippen LogP contribution in [-0.4, -0.2) is 32.4 Å². The summed E-state index contributed by atoms with van der Waals surface area (Å²) in [5, 5.41) is 8.06. The van der Waals surface area contributed by atoms with E-state index in [1.54, 1.807) is 18.2 Å². The number of carbonyl (C=O) groups is 1. The van der Waals surface area contributed by atoms with E-state index in [2.05, 4.69) is 25.5 Å². The minimum absolute atomic E-state index is 0.0594. The van der Waals surface area contributed by atoms with Gasteiger partial charge in [-0.3, -0.25) is 10.1 Å². The number of carbonyl (C=O) groups excluding carboxylic acids is 1. The maximum Gasteiger partial charge on any atom is 0.414 e. The van der Waals surface area contributed by atoms with E-state index >= 15 is 0 Å². The van der Waals surface area contributed by atoms with E-state index in [1.807, 2.05) is 0 Å². The van der Waals surface area contributed by atoms with Crippen molar-refractivity contribution in [3.05, 3.63) is 52.3 Å². The summed E-state index contributed by atoms with van der Waals surface area (Å²) in [6.07, 6.45) is 2.10. The highest BCUT2D eigenvalue weighted by molar-refractivity contribution is 5.96. The Bertz CT molecular complexity index is 1360. The topological polar surface area (TPSA) is 113 Å². The van der Waals surface area contributed by atoms with Gasteiger partial charge in [0.15, 0.2) is 0 Å². The molecular formula is C20H15F2N5O3. The van der Waals surface area contributed by atoms with Crippen molar-refractivity contribution in [2.75, 3.05) is 5.32 Å². The van der Waals surface area contributed by atoms with Gasteiger partial charge >= 0.3 is 6.09 Å². The molecule has 10 heteroatoms. The van der Waals surface area contributed by atoms with E-state index in [4.69, 9.17) is 4.74 Å². The van der Waals surface area contributed by atoms with Crippen LogP contribution in [0.3, 0.4) is 0 Å². The maximum absolute atomic E-state index is 14.5. The van der Waals surface area contributed by atoms with Crippen LogP contribution in [0.2, 0.25) is 0 Å². The number of H-pyrrole nitrogens is 2. The Morgan fingerprint density at radius 1 is 1.13 bits per heavy atom. The first-order valence-corrected chi connectivity index (χ1v) is 9.34. The molecule has 1 fully saturated rings. The zero-order valence-corrected chi connectivity index (χ0v) is 15.5. The van der Waals surface area contributed by atoms with Gasteiger partial charge in [-0.1, -0.05) is 6.07 Å². The van der Waals surface area contributed by atoms with Gasteiger partial charge in [-0.25, -0.2) is 23.7 Å². The third-order valence-electron chi connectivity index (χ3n) is 5.14. The Hall–Kier alpha value is -3.82. The summed E-state index contributed by atoms with van der Waals surface area (Å²) in [4.78, 5) is 31.1. The molecule has 0 unspecified atom stereocenters. The molecule has 4 aromatic rings. The molecule has 0 saturated heterocycles. The zero-order valence-electron chi connectivity index (χ0n) is 15.5. The van der Waals surface area contributed by atoms with Gasteiger partial charge in [0, 0.05) is 5.56 Å². The molecule has 2 heterocycles. The van der Waals surface area contributed by atoms with E-state index in [1.165, 1.54) is 0 Å². The highest BCUT2D eigenvalue weighted by atomic mass is 19.1. The molecule has 8 nitrogen and oxygen atoms in total. The van der Waals surface area contributed by atoms with Crippen LogP contribution in [0, 0.1) is 11.6 Å². The number of halogens is 2. The average molecular weight is 411 g/mol. The van der Waals surface area contributed by atoms with Gasteiger partial charge in [0.05, 0.1) is 21.8 Å². The summed E-state index contributed by atoms with van der Waals surface area (Å²) in [6, 6.07) is 6.72. The van der Waals surface area contributed by atoms with Crippen LogP contribution in [0.15, 0.2) is 35.1 Å². The minimum atomic E-state index is -0.838. The van der Waals surface area contributed by atoms with Gasteiger partial charge in [-0.15, -0.1) is 0 Å². The van der Waals surface area contributed by atoms with Crippen LogP contribution in [-0.2, 0) is 4.74 Å². The lowest BCUT2D eigenvalue weighted by Gasteiger charge is -2.24. The summed E-state index contributed by atoms with van der Waals surface area (Å²) < 4.78 is 33.8. The third kappa shape index (κ3) is 3.06. The van der Waals surface area contributed by atoms with Crippen molar-refractivity contribution in [1.82, 2.24) is 20.2 Å². The molecule has 152 valence electrons. The number of imidazole rings is 1. The van der Waals surface area contributed by atoms with E-state index in [9.17, 15) is 18.4 Å². The number of nitrogens with one attached hydrogen (secondary N) is 3. The van der Waals surface area contributed by atoms with Crippen LogP contribution in [0.25, 0.3) is 33.1 Å². The lowest BCUT2D eigenvalue weighted by atomic mass is 9.96. The quantitative estimate of drug-likeness (QED) is 0.474. The highest BCUT2D eigenvalue weighted by Crippen LogP contribution is 2.30. The van der Waals surface area contributed by atoms with E-state index in [0.29, 0.717) is 16.6 Å². The molecule has 2 aromatic heterocycles. The van der Waals surface area contributed by atoms with Crippen LogP contribution in [0.1, 0.15) is 19.3 Å². The summed E-state index contributed by atoms with van der Waals surface area (Å²) in [7, 11) is 0. The Labute approximate surface area is 167 Å². The first-order chi connectivity index (χ1) is 14.5. The predicted molar refractivity (Wildman–Crippen MR) is 105 cm³/mol. The molecule has 3 N–H and O–H groups in total. The van der Waals surface area contributed by atoms with Crippen molar-refractivity contribution in [2.24, 2.45) is 0 Å². The average Bonchev–Trinajstić information content (AvgIpc) is 3.09. The van der Waals surface area contributed by atoms with Gasteiger partial charge in [-0.05, 0) is 43.5 Å². The number of aromatic amines is 2. The molecule has 0 aliphatic heterocycles. The lowest BCUT2D eigenvalue weighted by molar-refractivity contribution is 0.0623. The summed E-state index contributed by atoms with van der Waals surface area (Å²) in [5.41, 5.74) is 0.768. The summed E-state index contributed by atoms with van der Waals surface area (Å²) in [5.74, 6) is -1.40. The molecule has 0 radical (unpaired) electrons. The van der Waals surface area contributed by atoms with E-state index in [-0.39, 0.29) is 23.1 Å². The van der Waals surface area contributed by atoms with Gasteiger partial charge in [0.1, 0.15) is 23.4 Å². The van der Waals surface area contributed by atoms with E-state index < -0.39 is 28.7 Å². The second kappa shape index (κ2) is 6.90. The number of aromatic nitrogens is 4. The first-order valence-electron chi connectivity index (χ1n) is 9.34.